The van der Waals surface area contributed by atoms with Crippen molar-refractivity contribution in [3.05, 3.63) is 60.9 Å². The maximum Gasteiger partial charge on any atom is 0.170 e. The van der Waals surface area contributed by atoms with Crippen molar-refractivity contribution in [2.24, 2.45) is 11.7 Å². The molecule has 13 heteroatoms. The van der Waals surface area contributed by atoms with Crippen molar-refractivity contribution in [2.75, 3.05) is 10.9 Å². The second-order valence-corrected chi connectivity index (χ2v) is 6.07. The van der Waals surface area contributed by atoms with E-state index in [9.17, 15) is 0 Å². The van der Waals surface area contributed by atoms with Gasteiger partial charge in [0.15, 0.2) is 11.6 Å². The largest absolute Gasteiger partial charge is 0.759 e. The summed E-state index contributed by atoms with van der Waals surface area (Å²) in [5.41, 5.74) is 4.99. The molecule has 0 saturated carbocycles. The number of benzene rings is 2. The van der Waals surface area contributed by atoms with Gasteiger partial charge < -0.3 is 20.0 Å². The highest BCUT2D eigenvalue weighted by atomic mass is 32.3. The predicted octanol–water partition coefficient (Wildman–Crippen LogP) is 0.493. The SMILES string of the molecule is NNc1nncc2ccccc12.NNc1nncc2ccccc12.O=S(=O)([O-])[O-]. The predicted molar refractivity (Wildman–Crippen MR) is 105 cm³/mol. The van der Waals surface area contributed by atoms with Crippen LogP contribution < -0.4 is 22.5 Å². The molecule has 0 bridgehead atoms. The third kappa shape index (κ3) is 6.87. The molecule has 12 nitrogen and oxygen atoms in total. The van der Waals surface area contributed by atoms with E-state index in [2.05, 4.69) is 31.2 Å². The standard InChI is InChI=1S/2C8H8N4.H2O4S/c2*9-11-8-7-4-2-1-3-6(7)5-10-12-8;1-5(2,3)4/h2*1-5H,9H2,(H,11,12);(H2,1,2,3,4)/p-2. The van der Waals surface area contributed by atoms with Gasteiger partial charge in [-0.2, -0.15) is 10.2 Å². The summed E-state index contributed by atoms with van der Waals surface area (Å²) in [6.45, 7) is 0. The maximum absolute atomic E-state index is 8.52. The van der Waals surface area contributed by atoms with Gasteiger partial charge in [0.25, 0.3) is 0 Å². The highest BCUT2D eigenvalue weighted by Crippen LogP contribution is 2.18. The first-order valence-corrected chi connectivity index (χ1v) is 9.17. The molecule has 0 fully saturated rings. The molecule has 2 aromatic carbocycles. The van der Waals surface area contributed by atoms with Gasteiger partial charge in [0, 0.05) is 31.9 Å². The minimum Gasteiger partial charge on any atom is -0.759 e. The van der Waals surface area contributed by atoms with E-state index in [0.29, 0.717) is 11.6 Å². The van der Waals surface area contributed by atoms with Crippen molar-refractivity contribution in [2.45, 2.75) is 0 Å². The van der Waals surface area contributed by atoms with Gasteiger partial charge in [-0.1, -0.05) is 48.5 Å². The fraction of sp³-hybridized carbons (Fsp3) is 0. The van der Waals surface area contributed by atoms with Crippen LogP contribution in [0.4, 0.5) is 11.6 Å². The molecule has 29 heavy (non-hydrogen) atoms. The number of hydrogen-bond acceptors (Lipinski definition) is 12. The zero-order valence-corrected chi connectivity index (χ0v) is 15.6. The van der Waals surface area contributed by atoms with Crippen LogP contribution >= 0.6 is 0 Å². The lowest BCUT2D eigenvalue weighted by molar-refractivity contribution is 0.352. The number of nitrogens with zero attached hydrogens (tertiary/aromatic N) is 4. The molecular weight excluding hydrogens is 400 g/mol. The van der Waals surface area contributed by atoms with Gasteiger partial charge in [0.05, 0.1) is 12.4 Å². The lowest BCUT2D eigenvalue weighted by atomic mass is 10.2. The van der Waals surface area contributed by atoms with Gasteiger partial charge in [0.2, 0.25) is 0 Å². The molecule has 0 unspecified atom stereocenters. The van der Waals surface area contributed by atoms with Crippen molar-refractivity contribution >= 4 is 43.6 Å². The normalized spacial score (nSPS) is 10.3. The molecule has 0 aliphatic heterocycles. The van der Waals surface area contributed by atoms with E-state index in [4.69, 9.17) is 29.2 Å². The van der Waals surface area contributed by atoms with Crippen LogP contribution in [0.2, 0.25) is 0 Å². The first-order valence-electron chi connectivity index (χ1n) is 7.84. The summed E-state index contributed by atoms with van der Waals surface area (Å²) < 4.78 is 34.1. The summed E-state index contributed by atoms with van der Waals surface area (Å²) in [5.74, 6) is 11.7. The fourth-order valence-corrected chi connectivity index (χ4v) is 2.27. The summed E-state index contributed by atoms with van der Waals surface area (Å²) in [7, 11) is -5.17. The number of hydrogen-bond donors (Lipinski definition) is 4. The van der Waals surface area contributed by atoms with Gasteiger partial charge >= 0.3 is 0 Å². The topological polar surface area (TPSA) is 208 Å². The van der Waals surface area contributed by atoms with Gasteiger partial charge in [-0.15, -0.1) is 10.2 Å². The smallest absolute Gasteiger partial charge is 0.170 e. The summed E-state index contributed by atoms with van der Waals surface area (Å²) in [5, 5.41) is 19.3. The minimum absolute atomic E-state index is 0.605. The number of hydrazine groups is 2. The third-order valence-corrected chi connectivity index (χ3v) is 3.41. The summed E-state index contributed by atoms with van der Waals surface area (Å²) in [6.07, 6.45) is 3.41. The van der Waals surface area contributed by atoms with Crippen LogP contribution in [0.5, 0.6) is 0 Å². The first-order chi connectivity index (χ1) is 13.8. The molecule has 0 atom stereocenters. The molecule has 0 amide bonds. The molecular formula is C16H16N8O4S-2. The Hall–Kier alpha value is -3.49. The van der Waals surface area contributed by atoms with E-state index in [1.807, 2.05) is 48.5 Å². The molecule has 0 aliphatic rings. The second kappa shape index (κ2) is 10.2. The van der Waals surface area contributed by atoms with E-state index < -0.39 is 10.4 Å². The average molecular weight is 416 g/mol. The van der Waals surface area contributed by atoms with Gasteiger partial charge in [-0.05, 0) is 0 Å². The average Bonchev–Trinajstić information content (AvgIpc) is 2.72. The number of rotatable bonds is 2. The van der Waals surface area contributed by atoms with Crippen LogP contribution in [0, 0.1) is 0 Å². The van der Waals surface area contributed by atoms with Crippen molar-refractivity contribution in [1.82, 2.24) is 20.4 Å². The fourth-order valence-electron chi connectivity index (χ4n) is 2.27. The maximum atomic E-state index is 8.52. The Morgan fingerprint density at radius 1 is 0.724 bits per heavy atom. The minimum atomic E-state index is -5.17. The van der Waals surface area contributed by atoms with Crippen LogP contribution in [-0.4, -0.2) is 37.9 Å². The summed E-state index contributed by atoms with van der Waals surface area (Å²) >= 11 is 0. The lowest BCUT2D eigenvalue weighted by Crippen LogP contribution is -2.09. The molecule has 4 aromatic rings. The Labute approximate surface area is 165 Å². The number of nitrogen functional groups attached to an aromatic ring is 2. The molecule has 0 spiro atoms. The van der Waals surface area contributed by atoms with E-state index >= 15 is 0 Å². The van der Waals surface area contributed by atoms with E-state index in [0.717, 1.165) is 21.5 Å². The Balaban J connectivity index is 0.000000170. The number of aromatic nitrogens is 4. The quantitative estimate of drug-likeness (QED) is 0.152. The molecule has 4 rings (SSSR count). The number of nitrogens with two attached hydrogens (primary N) is 2. The van der Waals surface area contributed by atoms with Gasteiger partial charge in [-0.3, -0.25) is 8.42 Å². The number of anilines is 2. The van der Waals surface area contributed by atoms with Crippen molar-refractivity contribution in [1.29, 1.82) is 0 Å². The number of nitrogens with one attached hydrogen (secondary N) is 2. The van der Waals surface area contributed by atoms with Crippen LogP contribution in [0.1, 0.15) is 0 Å². The summed E-state index contributed by atoms with van der Waals surface area (Å²) in [6, 6.07) is 15.6. The van der Waals surface area contributed by atoms with Crippen LogP contribution in [-0.2, 0) is 10.4 Å². The van der Waals surface area contributed by atoms with Crippen molar-refractivity contribution in [3.8, 4) is 0 Å². The first kappa shape index (κ1) is 21.8. The molecule has 2 heterocycles. The van der Waals surface area contributed by atoms with E-state index in [-0.39, 0.29) is 0 Å². The molecule has 6 N–H and O–H groups in total. The Kier molecular flexibility index (Phi) is 7.64. The highest BCUT2D eigenvalue weighted by Gasteiger charge is 1.99. The Morgan fingerprint density at radius 2 is 1.07 bits per heavy atom. The molecule has 0 saturated heterocycles. The van der Waals surface area contributed by atoms with Gasteiger partial charge in [-0.25, -0.2) is 11.7 Å². The monoisotopic (exact) mass is 416 g/mol. The Morgan fingerprint density at radius 3 is 1.41 bits per heavy atom. The molecule has 0 radical (unpaired) electrons. The Bertz CT molecular complexity index is 1090. The van der Waals surface area contributed by atoms with Crippen LogP contribution in [0.25, 0.3) is 21.5 Å². The molecule has 2 aromatic heterocycles. The number of fused-ring (bicyclic) bond motifs is 2. The van der Waals surface area contributed by atoms with Crippen molar-refractivity contribution < 1.29 is 17.5 Å². The van der Waals surface area contributed by atoms with E-state index in [1.165, 1.54) is 0 Å². The van der Waals surface area contributed by atoms with E-state index in [1.54, 1.807) is 12.4 Å². The zero-order valence-electron chi connectivity index (χ0n) is 14.8. The van der Waals surface area contributed by atoms with Crippen molar-refractivity contribution in [3.63, 3.8) is 0 Å². The molecule has 152 valence electrons. The lowest BCUT2D eigenvalue weighted by Gasteiger charge is -2.06. The van der Waals surface area contributed by atoms with Crippen LogP contribution in [0.15, 0.2) is 60.9 Å². The third-order valence-electron chi connectivity index (χ3n) is 3.41. The van der Waals surface area contributed by atoms with Crippen LogP contribution in [0.3, 0.4) is 0 Å². The second-order valence-electron chi connectivity index (χ2n) is 5.26. The molecule has 0 aliphatic carbocycles. The highest BCUT2D eigenvalue weighted by molar-refractivity contribution is 7.79. The van der Waals surface area contributed by atoms with Gasteiger partial charge in [0.1, 0.15) is 0 Å². The summed E-state index contributed by atoms with van der Waals surface area (Å²) in [4.78, 5) is 0. The zero-order chi connectivity index (χ0) is 21.3.